The van der Waals surface area contributed by atoms with Gasteiger partial charge >= 0.3 is 0 Å². The Hall–Kier alpha value is -1.92. The van der Waals surface area contributed by atoms with Crippen LogP contribution in [0.3, 0.4) is 0 Å². The van der Waals surface area contributed by atoms with E-state index in [1.807, 2.05) is 4.90 Å². The van der Waals surface area contributed by atoms with Crippen LogP contribution in [0.4, 0.5) is 0 Å². The molecule has 1 saturated heterocycles. The summed E-state index contributed by atoms with van der Waals surface area (Å²) in [5.41, 5.74) is 2.54. The second-order valence-electron chi connectivity index (χ2n) is 6.84. The molecule has 1 aliphatic rings. The number of piperazine rings is 1. The van der Waals surface area contributed by atoms with Gasteiger partial charge in [-0.2, -0.15) is 0 Å². The molecule has 0 radical (unpaired) electrons. The van der Waals surface area contributed by atoms with Gasteiger partial charge in [-0.05, 0) is 25.3 Å². The molecule has 0 aromatic heterocycles. The quantitative estimate of drug-likeness (QED) is 0.672. The van der Waals surface area contributed by atoms with Gasteiger partial charge in [0.1, 0.15) is 0 Å². The molecule has 0 aliphatic carbocycles. The summed E-state index contributed by atoms with van der Waals surface area (Å²) in [5, 5.41) is 2.83. The number of hydrogen-bond acceptors (Lipinski definition) is 4. The fourth-order valence-corrected chi connectivity index (χ4v) is 3.06. The number of ether oxygens (including phenoxy) is 1. The number of amides is 2. The lowest BCUT2D eigenvalue weighted by Crippen LogP contribution is -2.51. The Labute approximate surface area is 156 Å². The van der Waals surface area contributed by atoms with Crippen LogP contribution in [0.25, 0.3) is 0 Å². The first kappa shape index (κ1) is 20.4. The highest BCUT2D eigenvalue weighted by Gasteiger charge is 2.21. The fraction of sp³-hybridized carbons (Fsp3) is 0.600. The van der Waals surface area contributed by atoms with Crippen LogP contribution < -0.4 is 5.32 Å². The van der Waals surface area contributed by atoms with Crippen LogP contribution in [-0.2, 0) is 20.7 Å². The zero-order valence-corrected chi connectivity index (χ0v) is 16.0. The van der Waals surface area contributed by atoms with E-state index in [-0.39, 0.29) is 11.8 Å². The molecule has 1 aromatic carbocycles. The summed E-state index contributed by atoms with van der Waals surface area (Å²) in [5.74, 6) is 0.237. The molecular weight excluding hydrogens is 330 g/mol. The number of methoxy groups -OCH3 is 1. The van der Waals surface area contributed by atoms with Crippen LogP contribution in [-0.4, -0.2) is 74.6 Å². The van der Waals surface area contributed by atoms with Crippen LogP contribution in [0.1, 0.15) is 24.0 Å². The third-order valence-corrected chi connectivity index (χ3v) is 4.70. The molecule has 1 fully saturated rings. The van der Waals surface area contributed by atoms with Crippen molar-refractivity contribution in [3.8, 4) is 0 Å². The summed E-state index contributed by atoms with van der Waals surface area (Å²) in [6.07, 6.45) is 2.41. The number of nitrogens with zero attached hydrogens (tertiary/aromatic N) is 2. The van der Waals surface area contributed by atoms with E-state index in [0.717, 1.165) is 25.9 Å². The minimum Gasteiger partial charge on any atom is -0.383 e. The number of benzene rings is 1. The summed E-state index contributed by atoms with van der Waals surface area (Å²) < 4.78 is 4.92. The zero-order chi connectivity index (χ0) is 18.8. The Morgan fingerprint density at radius 3 is 2.46 bits per heavy atom. The normalized spacial score (nSPS) is 15.1. The van der Waals surface area contributed by atoms with Gasteiger partial charge in [0.15, 0.2) is 0 Å². The van der Waals surface area contributed by atoms with Gasteiger partial charge in [-0.15, -0.1) is 0 Å². The molecule has 1 aliphatic heterocycles. The topological polar surface area (TPSA) is 61.9 Å². The highest BCUT2D eigenvalue weighted by atomic mass is 16.5. The van der Waals surface area contributed by atoms with Crippen LogP contribution >= 0.6 is 0 Å². The van der Waals surface area contributed by atoms with Crippen molar-refractivity contribution in [2.75, 3.05) is 53.0 Å². The van der Waals surface area contributed by atoms with Gasteiger partial charge in [-0.1, -0.05) is 29.8 Å². The molecule has 2 rings (SSSR count). The minimum absolute atomic E-state index is 0.0138. The maximum atomic E-state index is 12.4. The summed E-state index contributed by atoms with van der Waals surface area (Å²) >= 11 is 0. The van der Waals surface area contributed by atoms with E-state index in [2.05, 4.69) is 41.4 Å². The van der Waals surface area contributed by atoms with Gasteiger partial charge in [0, 0.05) is 46.3 Å². The average molecular weight is 361 g/mol. The highest BCUT2D eigenvalue weighted by Crippen LogP contribution is 2.10. The molecule has 0 unspecified atom stereocenters. The second-order valence-corrected chi connectivity index (χ2v) is 6.84. The molecule has 26 heavy (non-hydrogen) atoms. The van der Waals surface area contributed by atoms with Crippen molar-refractivity contribution in [2.45, 2.75) is 26.2 Å². The van der Waals surface area contributed by atoms with E-state index in [4.69, 9.17) is 4.74 Å². The van der Waals surface area contributed by atoms with Crippen molar-refractivity contribution in [3.63, 3.8) is 0 Å². The van der Waals surface area contributed by atoms with Crippen molar-refractivity contribution >= 4 is 11.8 Å². The highest BCUT2D eigenvalue weighted by molar-refractivity contribution is 5.78. The Morgan fingerprint density at radius 2 is 1.81 bits per heavy atom. The predicted octanol–water partition coefficient (Wildman–Crippen LogP) is 1.22. The van der Waals surface area contributed by atoms with E-state index in [0.29, 0.717) is 39.2 Å². The van der Waals surface area contributed by atoms with Crippen molar-refractivity contribution in [1.82, 2.24) is 15.1 Å². The maximum Gasteiger partial charge on any atom is 0.234 e. The number of aryl methyl sites for hydroxylation is 2. The molecule has 144 valence electrons. The molecule has 0 bridgehead atoms. The summed E-state index contributed by atoms with van der Waals surface area (Å²) in [7, 11) is 1.61. The summed E-state index contributed by atoms with van der Waals surface area (Å²) in [6, 6.07) is 8.50. The van der Waals surface area contributed by atoms with Crippen molar-refractivity contribution in [2.24, 2.45) is 0 Å². The number of carbonyl (C=O) groups excluding carboxylic acids is 2. The third kappa shape index (κ3) is 7.14. The number of carbonyl (C=O) groups is 2. The lowest BCUT2D eigenvalue weighted by atomic mass is 10.1. The minimum atomic E-state index is 0.0138. The molecule has 1 heterocycles. The molecule has 6 nitrogen and oxygen atoms in total. The number of hydrogen-bond donors (Lipinski definition) is 1. The Balaban J connectivity index is 1.61. The van der Waals surface area contributed by atoms with E-state index in [1.54, 1.807) is 7.11 Å². The number of nitrogens with one attached hydrogen (secondary N) is 1. The van der Waals surface area contributed by atoms with Gasteiger partial charge in [0.05, 0.1) is 13.2 Å². The molecule has 0 atom stereocenters. The van der Waals surface area contributed by atoms with E-state index in [9.17, 15) is 9.59 Å². The molecule has 1 aromatic rings. The van der Waals surface area contributed by atoms with Gasteiger partial charge in [-0.25, -0.2) is 0 Å². The first-order valence-corrected chi connectivity index (χ1v) is 9.40. The Bertz CT molecular complexity index is 566. The monoisotopic (exact) mass is 361 g/mol. The van der Waals surface area contributed by atoms with E-state index < -0.39 is 0 Å². The first-order chi connectivity index (χ1) is 12.6. The van der Waals surface area contributed by atoms with E-state index >= 15 is 0 Å². The van der Waals surface area contributed by atoms with Gasteiger partial charge in [0.2, 0.25) is 11.8 Å². The fourth-order valence-electron chi connectivity index (χ4n) is 3.06. The summed E-state index contributed by atoms with van der Waals surface area (Å²) in [6.45, 7) is 6.44. The van der Waals surface area contributed by atoms with Crippen LogP contribution in [0.2, 0.25) is 0 Å². The lowest BCUT2D eigenvalue weighted by Gasteiger charge is -2.34. The Morgan fingerprint density at radius 1 is 1.12 bits per heavy atom. The maximum absolute atomic E-state index is 12.4. The van der Waals surface area contributed by atoms with Crippen LogP contribution in [0.5, 0.6) is 0 Å². The number of rotatable bonds is 9. The van der Waals surface area contributed by atoms with Crippen molar-refractivity contribution < 1.29 is 14.3 Å². The second kappa shape index (κ2) is 10.9. The molecule has 0 spiro atoms. The average Bonchev–Trinajstić information content (AvgIpc) is 2.64. The predicted molar refractivity (Wildman–Crippen MR) is 102 cm³/mol. The molecule has 2 amide bonds. The lowest BCUT2D eigenvalue weighted by molar-refractivity contribution is -0.133. The Kier molecular flexibility index (Phi) is 8.58. The SMILES string of the molecule is COCCNC(=O)CN1CCN(C(=O)CCCc2ccc(C)cc2)CC1. The zero-order valence-electron chi connectivity index (χ0n) is 16.0. The van der Waals surface area contributed by atoms with Gasteiger partial charge < -0.3 is 15.0 Å². The standard InChI is InChI=1S/C20H31N3O3/c1-17-6-8-18(9-7-17)4-3-5-20(25)23-13-11-22(12-14-23)16-19(24)21-10-15-26-2/h6-9H,3-5,10-16H2,1-2H3,(H,21,24). The molecular formula is C20H31N3O3. The first-order valence-electron chi connectivity index (χ1n) is 9.40. The molecule has 1 N–H and O–H groups in total. The van der Waals surface area contributed by atoms with Crippen molar-refractivity contribution in [3.05, 3.63) is 35.4 Å². The smallest absolute Gasteiger partial charge is 0.234 e. The molecule has 0 saturated carbocycles. The third-order valence-electron chi connectivity index (χ3n) is 4.70. The summed E-state index contributed by atoms with van der Waals surface area (Å²) in [4.78, 5) is 28.2. The van der Waals surface area contributed by atoms with Gasteiger partial charge in [0.25, 0.3) is 0 Å². The van der Waals surface area contributed by atoms with Crippen LogP contribution in [0, 0.1) is 6.92 Å². The van der Waals surface area contributed by atoms with E-state index in [1.165, 1.54) is 11.1 Å². The van der Waals surface area contributed by atoms with Crippen LogP contribution in [0.15, 0.2) is 24.3 Å². The molecule has 6 heteroatoms. The van der Waals surface area contributed by atoms with Gasteiger partial charge in [-0.3, -0.25) is 14.5 Å². The largest absolute Gasteiger partial charge is 0.383 e. The van der Waals surface area contributed by atoms with Crippen molar-refractivity contribution in [1.29, 1.82) is 0 Å².